The molecule has 0 saturated heterocycles. The molecule has 37 heteroatoms. The van der Waals surface area contributed by atoms with E-state index in [0.717, 1.165) is 38.9 Å². The molecule has 0 spiro atoms. The fraction of sp³-hybridized carbons (Fsp3) is 0.404. The Labute approximate surface area is 468 Å². The molecule has 6 aromatic rings. The van der Waals surface area contributed by atoms with Crippen LogP contribution in [0.2, 0.25) is 10.0 Å². The van der Waals surface area contributed by atoms with E-state index >= 15 is 0 Å². The smallest absolute Gasteiger partial charge is 0.429 e. The molecule has 84 heavy (non-hydrogen) atoms. The van der Waals surface area contributed by atoms with E-state index in [2.05, 4.69) is 41.3 Å². The quantitative estimate of drug-likeness (QED) is 0.0674. The fourth-order valence-electron chi connectivity index (χ4n) is 8.06. The van der Waals surface area contributed by atoms with E-state index < -0.39 is 107 Å². The minimum atomic E-state index is -6.67. The molecule has 0 radical (unpaired) electrons. The summed E-state index contributed by atoms with van der Waals surface area (Å²) >= 11 is 12.4. The highest BCUT2D eigenvalue weighted by molar-refractivity contribution is 6.34. The molecule has 1 N–H and O–H groups in total. The maximum Gasteiger partial charge on any atom is 0.437 e. The minimum Gasteiger partial charge on any atom is -0.429 e. The van der Waals surface area contributed by atoms with Gasteiger partial charge in [0.05, 0.1) is 45.7 Å². The van der Waals surface area contributed by atoms with Crippen molar-refractivity contribution in [2.24, 2.45) is 14.1 Å². The molecule has 0 unspecified atom stereocenters. The van der Waals surface area contributed by atoms with Crippen LogP contribution in [0.4, 0.5) is 79.0 Å². The third kappa shape index (κ3) is 11.8. The van der Waals surface area contributed by atoms with Gasteiger partial charge in [-0.05, 0) is 68.0 Å². The average molecular weight is 1260 g/mol. The van der Waals surface area contributed by atoms with Crippen LogP contribution >= 0.6 is 23.2 Å². The van der Waals surface area contributed by atoms with Gasteiger partial charge in [-0.2, -0.15) is 101 Å². The first-order valence-electron chi connectivity index (χ1n) is 23.3. The number of rotatable bonds is 17. The molecular weight excluding hydrogens is 1230 g/mol. The highest BCUT2D eigenvalue weighted by Crippen LogP contribution is 2.58. The number of hydrogen-bond donors (Lipinski definition) is 1. The molecule has 4 heterocycles. The molecule has 0 atom stereocenters. The van der Waals surface area contributed by atoms with Crippen LogP contribution in [0, 0.1) is 22.7 Å². The van der Waals surface area contributed by atoms with Crippen molar-refractivity contribution < 1.29 is 103 Å². The Morgan fingerprint density at radius 3 is 1.40 bits per heavy atom. The number of alkyl halides is 18. The Kier molecular flexibility index (Phi) is 17.1. The summed E-state index contributed by atoms with van der Waals surface area (Å²) < 4.78 is 258. The second-order valence-corrected chi connectivity index (χ2v) is 19.0. The number of aryl methyl sites for hydroxylation is 2. The van der Waals surface area contributed by atoms with Gasteiger partial charge in [0.25, 0.3) is 11.8 Å². The van der Waals surface area contributed by atoms with E-state index in [9.17, 15) is 99.1 Å². The van der Waals surface area contributed by atoms with E-state index in [1.807, 2.05) is 6.07 Å². The van der Waals surface area contributed by atoms with Gasteiger partial charge < -0.3 is 19.5 Å². The van der Waals surface area contributed by atoms with Gasteiger partial charge in [-0.25, -0.2) is 27.5 Å². The molecular formula is C47H34Cl2F18N12O5. The van der Waals surface area contributed by atoms with Gasteiger partial charge in [-0.15, -0.1) is 0 Å². The van der Waals surface area contributed by atoms with Crippen molar-refractivity contribution in [2.75, 3.05) is 13.3 Å². The lowest BCUT2D eigenvalue weighted by atomic mass is 9.99. The summed E-state index contributed by atoms with van der Waals surface area (Å²) in [7, 11) is 1.53. The monoisotopic (exact) mass is 1260 g/mol. The Morgan fingerprint density at radius 2 is 1.06 bits per heavy atom. The minimum absolute atomic E-state index is 0.00938. The summed E-state index contributed by atoms with van der Waals surface area (Å²) in [5.41, 5.74) is -19.1. The van der Waals surface area contributed by atoms with Crippen molar-refractivity contribution in [1.82, 2.24) is 49.3 Å². The SMILES string of the molecule is CCOCN(C(=O)c1cc(-c2cnn(-c3c(OC(F)F)c(C(F)(C(F)(F)F)C(F)(F)F)nn3C)c2)ccc1Cl)C1(C#N)CC1.Cn1nc(C(F)(C(F)(F)F)C(F)(F)F)c(OC(F)F)c1-n1cc(-c2ccc(Cl)c(C(=O)NC3(C#N)CC3)c2)cn1. The van der Waals surface area contributed by atoms with E-state index in [-0.39, 0.29) is 66.1 Å². The van der Waals surface area contributed by atoms with Crippen molar-refractivity contribution in [3.05, 3.63) is 93.7 Å². The van der Waals surface area contributed by atoms with Gasteiger partial charge in [0, 0.05) is 44.2 Å². The van der Waals surface area contributed by atoms with Crippen molar-refractivity contribution in [1.29, 1.82) is 10.5 Å². The van der Waals surface area contributed by atoms with E-state index in [4.69, 9.17) is 27.9 Å². The number of ether oxygens (including phenoxy) is 3. The molecule has 2 fully saturated rings. The van der Waals surface area contributed by atoms with E-state index in [1.165, 1.54) is 41.3 Å². The van der Waals surface area contributed by atoms with E-state index in [1.54, 1.807) is 6.92 Å². The van der Waals surface area contributed by atoms with Crippen LogP contribution in [0.3, 0.4) is 0 Å². The maximum absolute atomic E-state index is 14.9. The number of nitriles is 2. The number of carbonyl (C=O) groups excluding carboxylic acids is 2. The molecule has 4 aromatic heterocycles. The third-order valence-corrected chi connectivity index (χ3v) is 13.3. The molecule has 0 aliphatic heterocycles. The Hall–Kier alpha value is -7.92. The van der Waals surface area contributed by atoms with Crippen LogP contribution in [0.25, 0.3) is 33.9 Å². The Bertz CT molecular complexity index is 3520. The summed E-state index contributed by atoms with van der Waals surface area (Å²) in [6, 6.07) is 12.0. The van der Waals surface area contributed by atoms with Gasteiger partial charge in [-0.1, -0.05) is 35.3 Å². The maximum atomic E-state index is 14.9. The molecule has 2 aliphatic rings. The van der Waals surface area contributed by atoms with Crippen LogP contribution in [0.1, 0.15) is 64.7 Å². The topological polar surface area (TPSA) is 196 Å². The largest absolute Gasteiger partial charge is 0.437 e. The lowest BCUT2D eigenvalue weighted by molar-refractivity contribution is -0.351. The van der Waals surface area contributed by atoms with Crippen LogP contribution in [-0.2, 0) is 30.2 Å². The number of nitrogens with zero attached hydrogens (tertiary/aromatic N) is 11. The number of aromatic nitrogens is 8. The van der Waals surface area contributed by atoms with Gasteiger partial charge in [-0.3, -0.25) is 14.5 Å². The number of carbonyl (C=O) groups is 2. The third-order valence-electron chi connectivity index (χ3n) is 12.7. The summed E-state index contributed by atoms with van der Waals surface area (Å²) in [4.78, 5) is 27.3. The van der Waals surface area contributed by atoms with Crippen LogP contribution in [0.5, 0.6) is 11.5 Å². The van der Waals surface area contributed by atoms with E-state index in [0.29, 0.717) is 35.0 Å². The van der Waals surface area contributed by atoms with Gasteiger partial charge >= 0.3 is 49.3 Å². The predicted molar refractivity (Wildman–Crippen MR) is 250 cm³/mol. The number of benzene rings is 2. The van der Waals surface area contributed by atoms with Gasteiger partial charge in [0.1, 0.15) is 17.8 Å². The second-order valence-electron chi connectivity index (χ2n) is 18.2. The van der Waals surface area contributed by atoms with Crippen LogP contribution in [0.15, 0.2) is 61.2 Å². The highest BCUT2D eigenvalue weighted by atomic mass is 35.5. The lowest BCUT2D eigenvalue weighted by Gasteiger charge is -2.28. The predicted octanol–water partition coefficient (Wildman–Crippen LogP) is 11.9. The molecule has 2 aliphatic carbocycles. The molecule has 0 bridgehead atoms. The zero-order valence-corrected chi connectivity index (χ0v) is 43.7. The first kappa shape index (κ1) is 63.7. The molecule has 2 aromatic carbocycles. The highest BCUT2D eigenvalue weighted by Gasteiger charge is 2.77. The number of hydrogen-bond acceptors (Lipinski definition) is 11. The molecule has 17 nitrogen and oxygen atoms in total. The first-order valence-corrected chi connectivity index (χ1v) is 24.0. The fourth-order valence-corrected chi connectivity index (χ4v) is 8.46. The summed E-state index contributed by atoms with van der Waals surface area (Å²) in [6.45, 7) is -6.25. The number of halogens is 20. The van der Waals surface area contributed by atoms with Crippen molar-refractivity contribution in [3.8, 4) is 57.5 Å². The number of amides is 2. The zero-order valence-electron chi connectivity index (χ0n) is 42.2. The normalized spacial score (nSPS) is 15.0. The van der Waals surface area contributed by atoms with Crippen molar-refractivity contribution in [3.63, 3.8) is 0 Å². The van der Waals surface area contributed by atoms with Crippen molar-refractivity contribution >= 4 is 35.0 Å². The Morgan fingerprint density at radius 1 is 0.655 bits per heavy atom. The van der Waals surface area contributed by atoms with Crippen LogP contribution < -0.4 is 14.8 Å². The first-order chi connectivity index (χ1) is 38.9. The molecule has 2 saturated carbocycles. The zero-order chi connectivity index (χ0) is 62.7. The summed E-state index contributed by atoms with van der Waals surface area (Å²) in [6.07, 6.45) is -21.0. The molecule has 2 amide bonds. The van der Waals surface area contributed by atoms with Gasteiger partial charge in [0.15, 0.2) is 34.5 Å². The lowest BCUT2D eigenvalue weighted by Crippen LogP contribution is -2.51. The Balaban J connectivity index is 0.000000242. The second kappa shape index (κ2) is 22.6. The van der Waals surface area contributed by atoms with Crippen molar-refractivity contribution in [2.45, 2.75) is 93.0 Å². The molecule has 452 valence electrons. The number of nitrogens with one attached hydrogen (secondary N) is 1. The standard InChI is InChI=1S/C25H20ClF9N6O3.C22H14ClF9N6O2/c1-3-43-12-40(22(11-36)6-7-22)20(42)15-8-13(4-5-16(15)26)14-9-37-41(10-14)19-17(44-21(27)28)18(38-39(19)2)23(29,24(30,31)32)25(33,34)35;1-37-17(14(40-18(24)25)15(36-37)20(26,21(27,28)29)22(30,31)32)38-8-11(7-34-38)10-2-3-13(23)12(6-10)16(39)35-19(9-33)4-5-19/h4-5,8-10,21H,3,6-7,12H2,1-2H3;2-3,6-8,18H,4-5H2,1H3,(H,35,39). The van der Waals surface area contributed by atoms with Gasteiger partial charge in [0.2, 0.25) is 0 Å². The van der Waals surface area contributed by atoms with Crippen LogP contribution in [-0.4, -0.2) is 118 Å². The summed E-state index contributed by atoms with van der Waals surface area (Å²) in [5.74, 6) is -7.07. The summed E-state index contributed by atoms with van der Waals surface area (Å²) in [5, 5.41) is 34.7. The molecule has 8 rings (SSSR count). The average Bonchev–Trinajstić information content (AvgIpc) is 1.78.